The minimum Gasteiger partial charge on any atom is -0.345 e. The molecular weight excluding hydrogens is 398 g/mol. The largest absolute Gasteiger partial charge is 0.345 e. The summed E-state index contributed by atoms with van der Waals surface area (Å²) in [5.74, 6) is -1.91. The maximum absolute atomic E-state index is 13.9. The van der Waals surface area contributed by atoms with Gasteiger partial charge in [-0.25, -0.2) is 17.2 Å². The highest BCUT2D eigenvalue weighted by molar-refractivity contribution is 7.89. The summed E-state index contributed by atoms with van der Waals surface area (Å²) in [5.41, 5.74) is 0.419. The molecule has 0 aliphatic carbocycles. The SMILES string of the molecule is C[C@H](NC(=O)c1ccc(S(=O)(=O)N2CCCC[C@H]2C)cc1)c1ccc(F)cc1F. The Hall–Kier alpha value is -2.32. The lowest BCUT2D eigenvalue weighted by Crippen LogP contribution is -2.41. The van der Waals surface area contributed by atoms with Crippen molar-refractivity contribution in [2.24, 2.45) is 0 Å². The number of carbonyl (C=O) groups excluding carboxylic acids is 1. The van der Waals surface area contributed by atoms with E-state index in [0.717, 1.165) is 31.4 Å². The summed E-state index contributed by atoms with van der Waals surface area (Å²) in [7, 11) is -3.61. The van der Waals surface area contributed by atoms with Crippen LogP contribution in [0.2, 0.25) is 0 Å². The first-order chi connectivity index (χ1) is 13.7. The summed E-state index contributed by atoms with van der Waals surface area (Å²) in [6.07, 6.45) is 2.68. The van der Waals surface area contributed by atoms with E-state index < -0.39 is 33.6 Å². The Kier molecular flexibility index (Phi) is 6.33. The maximum Gasteiger partial charge on any atom is 0.251 e. The van der Waals surface area contributed by atoms with Crippen LogP contribution in [0.5, 0.6) is 0 Å². The van der Waals surface area contributed by atoms with Crippen molar-refractivity contribution in [1.82, 2.24) is 9.62 Å². The van der Waals surface area contributed by atoms with E-state index in [2.05, 4.69) is 5.32 Å². The molecule has 5 nitrogen and oxygen atoms in total. The van der Waals surface area contributed by atoms with Crippen molar-refractivity contribution in [2.75, 3.05) is 6.54 Å². The lowest BCUT2D eigenvalue weighted by Gasteiger charge is -2.32. The number of rotatable bonds is 5. The number of nitrogens with one attached hydrogen (secondary N) is 1. The van der Waals surface area contributed by atoms with E-state index in [4.69, 9.17) is 0 Å². The van der Waals surface area contributed by atoms with Gasteiger partial charge < -0.3 is 5.32 Å². The highest BCUT2D eigenvalue weighted by Crippen LogP contribution is 2.25. The summed E-state index contributed by atoms with van der Waals surface area (Å²) in [6, 6.07) is 8.13. The first kappa shape index (κ1) is 21.4. The summed E-state index contributed by atoms with van der Waals surface area (Å²) in [5, 5.41) is 2.64. The van der Waals surface area contributed by atoms with Gasteiger partial charge in [0.05, 0.1) is 10.9 Å². The molecule has 1 fully saturated rings. The zero-order valence-electron chi connectivity index (χ0n) is 16.4. The number of nitrogens with zero attached hydrogens (tertiary/aromatic N) is 1. The zero-order chi connectivity index (χ0) is 21.2. The molecule has 1 N–H and O–H groups in total. The van der Waals surface area contributed by atoms with E-state index in [1.807, 2.05) is 6.92 Å². The highest BCUT2D eigenvalue weighted by Gasteiger charge is 2.31. The number of benzene rings is 2. The number of hydrogen-bond acceptors (Lipinski definition) is 3. The standard InChI is InChI=1S/C21H24F2N2O3S/c1-14-5-3-4-12-25(14)29(27,28)18-9-6-16(7-10-18)21(26)24-15(2)19-11-8-17(22)13-20(19)23/h6-11,13-15H,3-5,12H2,1-2H3,(H,24,26)/t14-,15+/m1/s1. The summed E-state index contributed by atoms with van der Waals surface area (Å²) in [4.78, 5) is 12.6. The lowest BCUT2D eigenvalue weighted by atomic mass is 10.1. The predicted molar refractivity (Wildman–Crippen MR) is 106 cm³/mol. The third-order valence-corrected chi connectivity index (χ3v) is 7.27. The van der Waals surface area contributed by atoms with Crippen LogP contribution in [0.15, 0.2) is 47.4 Å². The molecular formula is C21H24F2N2O3S. The van der Waals surface area contributed by atoms with Crippen LogP contribution in [0, 0.1) is 11.6 Å². The van der Waals surface area contributed by atoms with Crippen molar-refractivity contribution in [3.8, 4) is 0 Å². The van der Waals surface area contributed by atoms with Crippen molar-refractivity contribution in [3.05, 3.63) is 65.2 Å². The smallest absolute Gasteiger partial charge is 0.251 e. The van der Waals surface area contributed by atoms with E-state index in [-0.39, 0.29) is 22.1 Å². The van der Waals surface area contributed by atoms with E-state index >= 15 is 0 Å². The predicted octanol–water partition coefficient (Wildman–Crippen LogP) is 4.02. The maximum atomic E-state index is 13.9. The van der Waals surface area contributed by atoms with Gasteiger partial charge in [-0.3, -0.25) is 4.79 Å². The third kappa shape index (κ3) is 4.64. The molecule has 1 aliphatic rings. The number of amides is 1. The summed E-state index contributed by atoms with van der Waals surface area (Å²) < 4.78 is 54.2. The molecule has 29 heavy (non-hydrogen) atoms. The minimum absolute atomic E-state index is 0.0526. The number of sulfonamides is 1. The van der Waals surface area contributed by atoms with Gasteiger partial charge in [0.15, 0.2) is 0 Å². The van der Waals surface area contributed by atoms with Gasteiger partial charge in [0.2, 0.25) is 10.0 Å². The molecule has 0 saturated carbocycles. The monoisotopic (exact) mass is 422 g/mol. The van der Waals surface area contributed by atoms with Gasteiger partial charge in [-0.2, -0.15) is 4.31 Å². The topological polar surface area (TPSA) is 66.5 Å². The number of piperidine rings is 1. The molecule has 0 radical (unpaired) electrons. The van der Waals surface area contributed by atoms with Crippen LogP contribution in [0.4, 0.5) is 8.78 Å². The normalized spacial score (nSPS) is 19.0. The van der Waals surface area contributed by atoms with Gasteiger partial charge in [-0.05, 0) is 57.0 Å². The van der Waals surface area contributed by atoms with E-state index in [0.29, 0.717) is 6.54 Å². The molecule has 1 aliphatic heterocycles. The molecule has 2 atom stereocenters. The molecule has 3 rings (SSSR count). The second-order valence-electron chi connectivity index (χ2n) is 7.35. The van der Waals surface area contributed by atoms with Crippen molar-refractivity contribution in [3.63, 3.8) is 0 Å². The van der Waals surface area contributed by atoms with Crippen LogP contribution in [-0.2, 0) is 10.0 Å². The second-order valence-corrected chi connectivity index (χ2v) is 9.24. The molecule has 0 spiro atoms. The number of hydrogen-bond donors (Lipinski definition) is 1. The summed E-state index contributed by atoms with van der Waals surface area (Å²) in [6.45, 7) is 3.98. The van der Waals surface area contributed by atoms with Crippen LogP contribution in [0.1, 0.15) is 55.1 Å². The number of carbonyl (C=O) groups is 1. The van der Waals surface area contributed by atoms with Crippen LogP contribution in [-0.4, -0.2) is 31.2 Å². The van der Waals surface area contributed by atoms with Gasteiger partial charge >= 0.3 is 0 Å². The van der Waals surface area contributed by atoms with Crippen LogP contribution in [0.25, 0.3) is 0 Å². The summed E-state index contributed by atoms with van der Waals surface area (Å²) >= 11 is 0. The molecule has 0 aromatic heterocycles. The Balaban J connectivity index is 1.73. The van der Waals surface area contributed by atoms with Crippen LogP contribution in [0.3, 0.4) is 0 Å². The Morgan fingerprint density at radius 1 is 1.14 bits per heavy atom. The molecule has 2 aromatic rings. The van der Waals surface area contributed by atoms with Gasteiger partial charge in [0.25, 0.3) is 5.91 Å². The average molecular weight is 422 g/mol. The molecule has 1 saturated heterocycles. The van der Waals surface area contributed by atoms with Crippen LogP contribution < -0.4 is 5.32 Å². The van der Waals surface area contributed by atoms with Gasteiger partial charge in [0.1, 0.15) is 11.6 Å². The molecule has 0 bridgehead atoms. The fraction of sp³-hybridized carbons (Fsp3) is 0.381. The second kappa shape index (κ2) is 8.59. The highest BCUT2D eigenvalue weighted by atomic mass is 32.2. The van der Waals surface area contributed by atoms with Gasteiger partial charge in [0, 0.05) is 29.8 Å². The average Bonchev–Trinajstić information content (AvgIpc) is 2.68. The van der Waals surface area contributed by atoms with Crippen molar-refractivity contribution in [1.29, 1.82) is 0 Å². The van der Waals surface area contributed by atoms with E-state index in [1.54, 1.807) is 6.92 Å². The van der Waals surface area contributed by atoms with Crippen molar-refractivity contribution in [2.45, 2.75) is 50.1 Å². The Labute approximate surface area is 169 Å². The molecule has 156 valence electrons. The Morgan fingerprint density at radius 2 is 1.83 bits per heavy atom. The molecule has 1 heterocycles. The van der Waals surface area contributed by atoms with Crippen molar-refractivity contribution >= 4 is 15.9 Å². The quantitative estimate of drug-likeness (QED) is 0.792. The number of halogens is 2. The fourth-order valence-electron chi connectivity index (χ4n) is 3.55. The van der Waals surface area contributed by atoms with E-state index in [9.17, 15) is 22.0 Å². The Morgan fingerprint density at radius 3 is 2.45 bits per heavy atom. The minimum atomic E-state index is -3.61. The molecule has 0 unspecified atom stereocenters. The third-order valence-electron chi connectivity index (χ3n) is 5.24. The van der Waals surface area contributed by atoms with Crippen LogP contribution >= 0.6 is 0 Å². The first-order valence-corrected chi connectivity index (χ1v) is 11.0. The lowest BCUT2D eigenvalue weighted by molar-refractivity contribution is 0.0939. The van der Waals surface area contributed by atoms with Gasteiger partial charge in [-0.1, -0.05) is 12.5 Å². The first-order valence-electron chi connectivity index (χ1n) is 9.58. The molecule has 2 aromatic carbocycles. The van der Waals surface area contributed by atoms with E-state index in [1.165, 1.54) is 34.6 Å². The van der Waals surface area contributed by atoms with Gasteiger partial charge in [-0.15, -0.1) is 0 Å². The van der Waals surface area contributed by atoms with Crippen molar-refractivity contribution < 1.29 is 22.0 Å². The molecule has 1 amide bonds. The molecule has 8 heteroatoms. The zero-order valence-corrected chi connectivity index (χ0v) is 17.2. The fourth-order valence-corrected chi connectivity index (χ4v) is 5.25. The Bertz CT molecular complexity index is 993.